The Balaban J connectivity index is 0.000000122. The molecule has 0 bridgehead atoms. The van der Waals surface area contributed by atoms with Gasteiger partial charge in [0.05, 0.1) is 0 Å². The third-order valence-corrected chi connectivity index (χ3v) is 7.46. The Kier molecular flexibility index (Phi) is 4.12. The molecule has 0 fully saturated rings. The van der Waals surface area contributed by atoms with Gasteiger partial charge in [0.1, 0.15) is 0 Å². The molecule has 0 atom stereocenters. The van der Waals surface area contributed by atoms with Crippen molar-refractivity contribution in [2.75, 3.05) is 22.9 Å². The lowest BCUT2D eigenvalue weighted by molar-refractivity contribution is 1.75. The largest absolute Gasteiger partial charge is 0.398 e. The van der Waals surface area contributed by atoms with Crippen LogP contribution in [0, 0.1) is 0 Å². The zero-order valence-electron chi connectivity index (χ0n) is 19.5. The SMILES string of the molecule is Nc1ccc2ccc3c(N)ccc4ccc1c2c43.Nc1ccc2ccc3ccc(N)c4ccc1c2c34. The van der Waals surface area contributed by atoms with Crippen molar-refractivity contribution in [3.8, 4) is 0 Å². The predicted octanol–water partition coefficient (Wildman–Crippen LogP) is 7.50. The van der Waals surface area contributed by atoms with Crippen LogP contribution in [0.4, 0.5) is 22.7 Å². The molecular weight excluding hydrogens is 440 g/mol. The first-order chi connectivity index (χ1) is 17.5. The summed E-state index contributed by atoms with van der Waals surface area (Å²) in [6, 6.07) is 32.9. The fourth-order valence-corrected chi connectivity index (χ4v) is 5.69. The molecule has 0 aliphatic carbocycles. The van der Waals surface area contributed by atoms with E-state index in [-0.39, 0.29) is 0 Å². The van der Waals surface area contributed by atoms with Gasteiger partial charge < -0.3 is 22.9 Å². The Morgan fingerprint density at radius 2 is 0.444 bits per heavy atom. The molecule has 4 heteroatoms. The van der Waals surface area contributed by atoms with Crippen LogP contribution in [-0.4, -0.2) is 0 Å². The normalized spacial score (nSPS) is 11.8. The molecule has 0 amide bonds. The summed E-state index contributed by atoms with van der Waals surface area (Å²) in [6.07, 6.45) is 0. The van der Waals surface area contributed by atoms with Crippen LogP contribution in [0.3, 0.4) is 0 Å². The standard InChI is InChI=1S/2C16H12N2/c17-13-8-4-10-2-6-12-14(18)7-3-9-1-5-11(13)16(10)15(9)12;17-13-7-3-9-1-2-10-4-8-14(18)12-6-5-11(13)15(9)16(10)12/h2*1-8H,17-18H2. The highest BCUT2D eigenvalue weighted by Gasteiger charge is 2.12. The van der Waals surface area contributed by atoms with E-state index in [0.29, 0.717) is 0 Å². The molecule has 0 spiro atoms. The van der Waals surface area contributed by atoms with Gasteiger partial charge in [0.2, 0.25) is 0 Å². The second-order valence-electron chi connectivity index (χ2n) is 9.46. The first-order valence-corrected chi connectivity index (χ1v) is 11.9. The Labute approximate surface area is 207 Å². The summed E-state index contributed by atoms with van der Waals surface area (Å²) < 4.78 is 0. The summed E-state index contributed by atoms with van der Waals surface area (Å²) in [4.78, 5) is 0. The topological polar surface area (TPSA) is 104 Å². The monoisotopic (exact) mass is 464 g/mol. The van der Waals surface area contributed by atoms with Crippen molar-refractivity contribution in [3.05, 3.63) is 97.1 Å². The van der Waals surface area contributed by atoms with Crippen molar-refractivity contribution in [2.24, 2.45) is 0 Å². The van der Waals surface area contributed by atoms with E-state index in [9.17, 15) is 0 Å². The molecule has 0 unspecified atom stereocenters. The van der Waals surface area contributed by atoms with Gasteiger partial charge in [0.25, 0.3) is 0 Å². The molecule has 0 saturated carbocycles. The molecule has 8 rings (SSSR count). The summed E-state index contributed by atoms with van der Waals surface area (Å²) in [7, 11) is 0. The lowest BCUT2D eigenvalue weighted by Crippen LogP contribution is -1.92. The molecule has 0 aliphatic rings. The van der Waals surface area contributed by atoms with Gasteiger partial charge in [0.15, 0.2) is 0 Å². The Morgan fingerprint density at radius 1 is 0.250 bits per heavy atom. The van der Waals surface area contributed by atoms with Gasteiger partial charge >= 0.3 is 0 Å². The molecule has 4 nitrogen and oxygen atoms in total. The third-order valence-electron chi connectivity index (χ3n) is 7.46. The number of nitrogen functional groups attached to an aromatic ring is 4. The van der Waals surface area contributed by atoms with Crippen molar-refractivity contribution >= 4 is 87.4 Å². The molecular formula is C32H24N4. The van der Waals surface area contributed by atoms with Crippen LogP contribution in [0.25, 0.3) is 64.6 Å². The molecule has 0 aliphatic heterocycles. The number of hydrogen-bond donors (Lipinski definition) is 4. The average Bonchev–Trinajstić information content (AvgIpc) is 2.91. The number of anilines is 4. The molecule has 36 heavy (non-hydrogen) atoms. The van der Waals surface area contributed by atoms with Gasteiger partial charge in [-0.15, -0.1) is 0 Å². The summed E-state index contributed by atoms with van der Waals surface area (Å²) in [5, 5.41) is 14.2. The van der Waals surface area contributed by atoms with Crippen LogP contribution in [-0.2, 0) is 0 Å². The lowest BCUT2D eigenvalue weighted by Gasteiger charge is -2.13. The first kappa shape index (κ1) is 20.4. The quantitative estimate of drug-likeness (QED) is 0.138. The van der Waals surface area contributed by atoms with E-state index in [1.165, 1.54) is 43.1 Å². The van der Waals surface area contributed by atoms with Crippen LogP contribution in [0.2, 0.25) is 0 Å². The minimum absolute atomic E-state index is 0.819. The van der Waals surface area contributed by atoms with Crippen molar-refractivity contribution in [2.45, 2.75) is 0 Å². The summed E-state index contributed by atoms with van der Waals surface area (Å²) in [5.41, 5.74) is 27.6. The molecule has 0 aromatic heterocycles. The van der Waals surface area contributed by atoms with Gasteiger partial charge in [0, 0.05) is 44.3 Å². The average molecular weight is 465 g/mol. The minimum atomic E-state index is 0.819. The molecule has 172 valence electrons. The van der Waals surface area contributed by atoms with E-state index < -0.39 is 0 Å². The molecule has 8 aromatic rings. The van der Waals surface area contributed by atoms with Crippen molar-refractivity contribution in [1.29, 1.82) is 0 Å². The molecule has 0 radical (unpaired) electrons. The Morgan fingerprint density at radius 3 is 0.722 bits per heavy atom. The zero-order chi connectivity index (χ0) is 24.6. The lowest BCUT2D eigenvalue weighted by atomic mass is 9.93. The van der Waals surface area contributed by atoms with E-state index in [1.807, 2.05) is 24.3 Å². The van der Waals surface area contributed by atoms with E-state index in [0.717, 1.165) is 44.3 Å². The first-order valence-electron chi connectivity index (χ1n) is 11.9. The van der Waals surface area contributed by atoms with Crippen LogP contribution < -0.4 is 22.9 Å². The molecule has 8 aromatic carbocycles. The fourth-order valence-electron chi connectivity index (χ4n) is 5.69. The summed E-state index contributed by atoms with van der Waals surface area (Å²) >= 11 is 0. The highest BCUT2D eigenvalue weighted by atomic mass is 14.6. The van der Waals surface area contributed by atoms with Crippen LogP contribution in [0.15, 0.2) is 97.1 Å². The summed E-state index contributed by atoms with van der Waals surface area (Å²) in [5.74, 6) is 0. The Bertz CT molecular complexity index is 1850. The number of nitrogens with two attached hydrogens (primary N) is 4. The minimum Gasteiger partial charge on any atom is -0.398 e. The van der Waals surface area contributed by atoms with Crippen molar-refractivity contribution < 1.29 is 0 Å². The fraction of sp³-hybridized carbons (Fsp3) is 0. The maximum Gasteiger partial charge on any atom is 0.0394 e. The number of benzene rings is 8. The molecule has 0 saturated heterocycles. The van der Waals surface area contributed by atoms with Crippen molar-refractivity contribution in [3.63, 3.8) is 0 Å². The van der Waals surface area contributed by atoms with E-state index >= 15 is 0 Å². The van der Waals surface area contributed by atoms with Crippen molar-refractivity contribution in [1.82, 2.24) is 0 Å². The van der Waals surface area contributed by atoms with Gasteiger partial charge in [-0.25, -0.2) is 0 Å². The Hall–Kier alpha value is -4.96. The van der Waals surface area contributed by atoms with E-state index in [1.54, 1.807) is 0 Å². The second-order valence-corrected chi connectivity index (χ2v) is 9.46. The maximum absolute atomic E-state index is 6.07. The summed E-state index contributed by atoms with van der Waals surface area (Å²) in [6.45, 7) is 0. The van der Waals surface area contributed by atoms with Crippen LogP contribution in [0.1, 0.15) is 0 Å². The van der Waals surface area contributed by atoms with Gasteiger partial charge in [-0.3, -0.25) is 0 Å². The van der Waals surface area contributed by atoms with Gasteiger partial charge in [-0.1, -0.05) is 72.8 Å². The third kappa shape index (κ3) is 2.75. The molecule has 0 heterocycles. The maximum atomic E-state index is 6.07. The smallest absolute Gasteiger partial charge is 0.0394 e. The second kappa shape index (κ2) is 7.27. The number of rotatable bonds is 0. The van der Waals surface area contributed by atoms with E-state index in [2.05, 4.69) is 72.8 Å². The highest BCUT2D eigenvalue weighted by Crippen LogP contribution is 2.40. The van der Waals surface area contributed by atoms with Crippen LogP contribution in [0.5, 0.6) is 0 Å². The highest BCUT2D eigenvalue weighted by molar-refractivity contribution is 6.28. The van der Waals surface area contributed by atoms with Gasteiger partial charge in [-0.05, 0) is 67.4 Å². The molecule has 8 N–H and O–H groups in total. The van der Waals surface area contributed by atoms with E-state index in [4.69, 9.17) is 22.9 Å². The zero-order valence-corrected chi connectivity index (χ0v) is 19.5. The predicted molar refractivity (Wildman–Crippen MR) is 158 cm³/mol. The number of hydrogen-bond acceptors (Lipinski definition) is 4. The van der Waals surface area contributed by atoms with Crippen LogP contribution >= 0.6 is 0 Å². The van der Waals surface area contributed by atoms with Gasteiger partial charge in [-0.2, -0.15) is 0 Å².